The normalized spacial score (nSPS) is 23.7. The summed E-state index contributed by atoms with van der Waals surface area (Å²) in [5, 5.41) is 20.5. The molecule has 0 unspecified atom stereocenters. The molecule has 7 heteroatoms. The minimum atomic E-state index is -0.403. The summed E-state index contributed by atoms with van der Waals surface area (Å²) in [4.78, 5) is 26.9. The van der Waals surface area contributed by atoms with Crippen LogP contribution in [0.25, 0.3) is 0 Å². The smallest absolute Gasteiger partial charge is 0.292 e. The molecule has 7 nitrogen and oxygen atoms in total. The van der Waals surface area contributed by atoms with Gasteiger partial charge in [0.2, 0.25) is 5.91 Å². The van der Waals surface area contributed by atoms with E-state index in [2.05, 4.69) is 6.92 Å². The molecule has 1 aromatic rings. The monoisotopic (exact) mass is 319 g/mol. The van der Waals surface area contributed by atoms with E-state index in [1.807, 2.05) is 9.80 Å². The quantitative estimate of drug-likeness (QED) is 0.669. The number of aliphatic hydroxyl groups excluding tert-OH is 1. The molecule has 23 heavy (non-hydrogen) atoms. The standard InChI is InChI=1S/C16H21N3O4/c1-11-8-13(11)16(21)18-6-4-17(5-7-18)15-9-12(10-20)2-3-14(15)19(22)23/h2-3,9,11,13,20H,4-8,10H2,1H3/t11-,13+/m0/s1. The lowest BCUT2D eigenvalue weighted by molar-refractivity contribution is -0.384. The van der Waals surface area contributed by atoms with E-state index in [1.165, 1.54) is 6.07 Å². The summed E-state index contributed by atoms with van der Waals surface area (Å²) < 4.78 is 0. The van der Waals surface area contributed by atoms with Crippen molar-refractivity contribution in [1.29, 1.82) is 0 Å². The molecule has 2 atom stereocenters. The van der Waals surface area contributed by atoms with Gasteiger partial charge in [0.25, 0.3) is 5.69 Å². The Bertz CT molecular complexity index is 626. The minimum absolute atomic E-state index is 0.0396. The molecular formula is C16H21N3O4. The van der Waals surface area contributed by atoms with Crippen LogP contribution in [0.15, 0.2) is 18.2 Å². The van der Waals surface area contributed by atoms with Crippen molar-refractivity contribution in [2.75, 3.05) is 31.1 Å². The van der Waals surface area contributed by atoms with Crippen LogP contribution in [0.5, 0.6) is 0 Å². The second-order valence-electron chi connectivity index (χ2n) is 6.37. The zero-order valence-corrected chi connectivity index (χ0v) is 13.1. The van der Waals surface area contributed by atoms with Gasteiger partial charge >= 0.3 is 0 Å². The first-order chi connectivity index (χ1) is 11.0. The lowest BCUT2D eigenvalue weighted by Gasteiger charge is -2.36. The van der Waals surface area contributed by atoms with E-state index < -0.39 is 4.92 Å². The molecule has 1 amide bonds. The van der Waals surface area contributed by atoms with E-state index in [-0.39, 0.29) is 24.1 Å². The van der Waals surface area contributed by atoms with Crippen molar-refractivity contribution in [3.05, 3.63) is 33.9 Å². The predicted octanol–water partition coefficient (Wildman–Crippen LogP) is 1.39. The van der Waals surface area contributed by atoms with Crippen LogP contribution in [0.2, 0.25) is 0 Å². The van der Waals surface area contributed by atoms with Crippen molar-refractivity contribution >= 4 is 17.3 Å². The number of hydrogen-bond donors (Lipinski definition) is 1. The third-order valence-corrected chi connectivity index (χ3v) is 4.78. The first-order valence-corrected chi connectivity index (χ1v) is 7.93. The van der Waals surface area contributed by atoms with Crippen LogP contribution in [0.3, 0.4) is 0 Å². The van der Waals surface area contributed by atoms with Gasteiger partial charge in [0.1, 0.15) is 5.69 Å². The number of amides is 1. The Labute approximate surface area is 134 Å². The second kappa shape index (κ2) is 6.16. The van der Waals surface area contributed by atoms with Gasteiger partial charge in [-0.3, -0.25) is 14.9 Å². The molecule has 1 N–H and O–H groups in total. The Morgan fingerprint density at radius 3 is 2.52 bits per heavy atom. The van der Waals surface area contributed by atoms with Crippen molar-refractivity contribution in [2.24, 2.45) is 11.8 Å². The van der Waals surface area contributed by atoms with Crippen LogP contribution in [0, 0.1) is 22.0 Å². The van der Waals surface area contributed by atoms with E-state index >= 15 is 0 Å². The van der Waals surface area contributed by atoms with Gasteiger partial charge in [0, 0.05) is 38.2 Å². The first-order valence-electron chi connectivity index (χ1n) is 7.93. The fourth-order valence-electron chi connectivity index (χ4n) is 3.14. The number of piperazine rings is 1. The summed E-state index contributed by atoms with van der Waals surface area (Å²) >= 11 is 0. The van der Waals surface area contributed by atoms with Gasteiger partial charge in [-0.25, -0.2) is 0 Å². The Morgan fingerprint density at radius 1 is 1.35 bits per heavy atom. The number of nitrogens with zero attached hydrogens (tertiary/aromatic N) is 3. The van der Waals surface area contributed by atoms with Gasteiger partial charge in [0.15, 0.2) is 0 Å². The average molecular weight is 319 g/mol. The minimum Gasteiger partial charge on any atom is -0.392 e. The van der Waals surface area contributed by atoms with Crippen molar-refractivity contribution < 1.29 is 14.8 Å². The van der Waals surface area contributed by atoms with Gasteiger partial charge in [0.05, 0.1) is 11.5 Å². The maximum Gasteiger partial charge on any atom is 0.292 e. The highest BCUT2D eigenvalue weighted by molar-refractivity contribution is 5.82. The Balaban J connectivity index is 1.72. The number of nitro groups is 1. The third kappa shape index (κ3) is 3.14. The van der Waals surface area contributed by atoms with Gasteiger partial charge in [-0.2, -0.15) is 0 Å². The molecule has 124 valence electrons. The summed E-state index contributed by atoms with van der Waals surface area (Å²) in [5.74, 6) is 0.882. The molecular weight excluding hydrogens is 298 g/mol. The molecule has 0 bridgehead atoms. The van der Waals surface area contributed by atoms with Gasteiger partial charge in [-0.15, -0.1) is 0 Å². The van der Waals surface area contributed by atoms with Crippen molar-refractivity contribution in [1.82, 2.24) is 4.90 Å². The van der Waals surface area contributed by atoms with E-state index in [0.717, 1.165) is 6.42 Å². The SMILES string of the molecule is C[C@H]1C[C@H]1C(=O)N1CCN(c2cc(CO)ccc2[N+](=O)[O-])CC1. The fraction of sp³-hybridized carbons (Fsp3) is 0.562. The number of benzene rings is 1. The van der Waals surface area contributed by atoms with Crippen LogP contribution in [-0.4, -0.2) is 47.0 Å². The number of carbonyl (C=O) groups is 1. The maximum atomic E-state index is 12.3. The van der Waals surface area contributed by atoms with Crippen molar-refractivity contribution in [2.45, 2.75) is 20.0 Å². The molecule has 0 spiro atoms. The Morgan fingerprint density at radius 2 is 2.00 bits per heavy atom. The topological polar surface area (TPSA) is 86.9 Å². The average Bonchev–Trinajstić information content (AvgIpc) is 3.30. The van der Waals surface area contributed by atoms with E-state index in [1.54, 1.807) is 12.1 Å². The summed E-state index contributed by atoms with van der Waals surface area (Å²) in [6.45, 7) is 4.25. The number of carbonyl (C=O) groups excluding carboxylic acids is 1. The number of aliphatic hydroxyl groups is 1. The molecule has 2 aliphatic rings. The van der Waals surface area contributed by atoms with Crippen LogP contribution < -0.4 is 4.90 Å². The Hall–Kier alpha value is -2.15. The maximum absolute atomic E-state index is 12.3. The van der Waals surface area contributed by atoms with E-state index in [0.29, 0.717) is 43.3 Å². The lowest BCUT2D eigenvalue weighted by atomic mass is 10.1. The van der Waals surface area contributed by atoms with Gasteiger partial charge < -0.3 is 14.9 Å². The number of rotatable bonds is 4. The molecule has 1 aliphatic heterocycles. The third-order valence-electron chi connectivity index (χ3n) is 4.78. The molecule has 1 heterocycles. The first kappa shape index (κ1) is 15.7. The summed E-state index contributed by atoms with van der Waals surface area (Å²) in [5.41, 5.74) is 1.21. The van der Waals surface area contributed by atoms with Gasteiger partial charge in [-0.05, 0) is 30.0 Å². The number of hydrogen-bond acceptors (Lipinski definition) is 5. The molecule has 3 rings (SSSR count). The number of anilines is 1. The fourth-order valence-corrected chi connectivity index (χ4v) is 3.14. The molecule has 0 radical (unpaired) electrons. The molecule has 1 saturated heterocycles. The largest absolute Gasteiger partial charge is 0.392 e. The highest BCUT2D eigenvalue weighted by Crippen LogP contribution is 2.39. The van der Waals surface area contributed by atoms with Crippen molar-refractivity contribution in [3.63, 3.8) is 0 Å². The number of nitro benzene ring substituents is 1. The highest BCUT2D eigenvalue weighted by atomic mass is 16.6. The van der Waals surface area contributed by atoms with Crippen molar-refractivity contribution in [3.8, 4) is 0 Å². The van der Waals surface area contributed by atoms with Crippen LogP contribution >= 0.6 is 0 Å². The van der Waals surface area contributed by atoms with E-state index in [9.17, 15) is 20.0 Å². The summed E-state index contributed by atoms with van der Waals surface area (Å²) in [7, 11) is 0. The van der Waals surface area contributed by atoms with Crippen LogP contribution in [0.1, 0.15) is 18.9 Å². The highest BCUT2D eigenvalue weighted by Gasteiger charge is 2.42. The van der Waals surface area contributed by atoms with Crippen LogP contribution in [-0.2, 0) is 11.4 Å². The molecule has 1 saturated carbocycles. The molecule has 1 aromatic carbocycles. The Kier molecular flexibility index (Phi) is 4.21. The predicted molar refractivity (Wildman–Crippen MR) is 85.1 cm³/mol. The summed E-state index contributed by atoms with van der Waals surface area (Å²) in [6, 6.07) is 4.67. The zero-order valence-electron chi connectivity index (χ0n) is 13.1. The second-order valence-corrected chi connectivity index (χ2v) is 6.37. The molecule has 2 fully saturated rings. The molecule has 0 aromatic heterocycles. The summed E-state index contributed by atoms with van der Waals surface area (Å²) in [6.07, 6.45) is 0.975. The lowest BCUT2D eigenvalue weighted by Crippen LogP contribution is -2.49. The van der Waals surface area contributed by atoms with Gasteiger partial charge in [-0.1, -0.05) is 6.92 Å². The molecule has 1 aliphatic carbocycles. The van der Waals surface area contributed by atoms with E-state index in [4.69, 9.17) is 0 Å². The van der Waals surface area contributed by atoms with Crippen LogP contribution in [0.4, 0.5) is 11.4 Å². The zero-order chi connectivity index (χ0) is 16.6.